The number of carbonyl (C=O) groups is 1. The largest absolute Gasteiger partial charge is 0.482 e. The van der Waals surface area contributed by atoms with E-state index in [1.165, 1.54) is 0 Å². The fraction of sp³-hybridized carbons (Fsp3) is 0.389. The van der Waals surface area contributed by atoms with Gasteiger partial charge in [-0.2, -0.15) is 0 Å². The molecular weight excluding hydrogens is 343 g/mol. The summed E-state index contributed by atoms with van der Waals surface area (Å²) in [6, 6.07) is 4.86. The molecule has 1 heterocycles. The van der Waals surface area contributed by atoms with Gasteiger partial charge in [-0.05, 0) is 32.9 Å². The third-order valence-corrected chi connectivity index (χ3v) is 4.12. The molecule has 0 aliphatic heterocycles. The van der Waals surface area contributed by atoms with Crippen LogP contribution in [0, 0.1) is 29.8 Å². The molecule has 26 heavy (non-hydrogen) atoms. The van der Waals surface area contributed by atoms with Crippen molar-refractivity contribution < 1.29 is 23.6 Å². The minimum Gasteiger partial charge on any atom is -0.482 e. The molecule has 0 bridgehead atoms. The number of carbonyl (C=O) groups excluding carboxylic acids is 1. The molecule has 0 radical (unpaired) electrons. The number of aromatic nitrogens is 1. The summed E-state index contributed by atoms with van der Waals surface area (Å²) in [6.07, 6.45) is 0. The first kappa shape index (κ1) is 19.6. The molecule has 140 valence electrons. The van der Waals surface area contributed by atoms with Crippen LogP contribution in [0.1, 0.15) is 34.7 Å². The number of benzene rings is 1. The van der Waals surface area contributed by atoms with Crippen LogP contribution in [0.3, 0.4) is 0 Å². The van der Waals surface area contributed by atoms with E-state index in [1.54, 1.807) is 13.2 Å². The van der Waals surface area contributed by atoms with Crippen LogP contribution in [0.2, 0.25) is 0 Å². The zero-order chi connectivity index (χ0) is 19.4. The number of nitro benzene ring substituents is 1. The van der Waals surface area contributed by atoms with Gasteiger partial charge in [0.1, 0.15) is 0 Å². The molecule has 1 unspecified atom stereocenters. The third-order valence-electron chi connectivity index (χ3n) is 4.12. The number of hydrogen-bond acceptors (Lipinski definition) is 5. The van der Waals surface area contributed by atoms with Gasteiger partial charge in [0.05, 0.1) is 23.6 Å². The zero-order valence-electron chi connectivity index (χ0n) is 15.1. The van der Waals surface area contributed by atoms with Crippen LogP contribution < -0.4 is 4.74 Å². The summed E-state index contributed by atoms with van der Waals surface area (Å²) < 4.78 is 26.2. The van der Waals surface area contributed by atoms with Gasteiger partial charge in [0, 0.05) is 30.1 Å². The average Bonchev–Trinajstić information content (AvgIpc) is 2.88. The molecule has 1 atom stereocenters. The molecule has 8 heteroatoms. The van der Waals surface area contributed by atoms with Crippen molar-refractivity contribution in [1.82, 2.24) is 4.57 Å². The lowest BCUT2D eigenvalue weighted by Gasteiger charge is -2.17. The van der Waals surface area contributed by atoms with E-state index in [0.29, 0.717) is 12.2 Å². The Hall–Kier alpha value is -2.74. The Bertz CT molecular complexity index is 831. The Morgan fingerprint density at radius 3 is 2.62 bits per heavy atom. The van der Waals surface area contributed by atoms with Crippen LogP contribution in [0.15, 0.2) is 24.3 Å². The maximum absolute atomic E-state index is 13.8. The molecule has 0 saturated heterocycles. The van der Waals surface area contributed by atoms with Gasteiger partial charge in [0.15, 0.2) is 18.2 Å². The van der Waals surface area contributed by atoms with Crippen LogP contribution in [-0.2, 0) is 4.74 Å². The van der Waals surface area contributed by atoms with E-state index in [0.717, 1.165) is 29.6 Å². The van der Waals surface area contributed by atoms with E-state index in [2.05, 4.69) is 0 Å². The Labute approximate surface area is 150 Å². The van der Waals surface area contributed by atoms with Crippen molar-refractivity contribution in [3.63, 3.8) is 0 Å². The van der Waals surface area contributed by atoms with Crippen molar-refractivity contribution in [1.29, 1.82) is 0 Å². The molecule has 1 aromatic heterocycles. The van der Waals surface area contributed by atoms with Gasteiger partial charge in [-0.25, -0.2) is 4.39 Å². The summed E-state index contributed by atoms with van der Waals surface area (Å²) in [5, 5.41) is 10.6. The summed E-state index contributed by atoms with van der Waals surface area (Å²) in [7, 11) is 1.61. The summed E-state index contributed by atoms with van der Waals surface area (Å²) >= 11 is 0. The smallest absolute Gasteiger partial charge is 0.272 e. The SMILES string of the molecule is COCC(C)n1c(C)cc(C(=O)COc2ccc([N+](=O)[O-])cc2F)c1C. The summed E-state index contributed by atoms with van der Waals surface area (Å²) in [4.78, 5) is 22.4. The van der Waals surface area contributed by atoms with Gasteiger partial charge >= 0.3 is 0 Å². The minimum atomic E-state index is -0.883. The highest BCUT2D eigenvalue weighted by Gasteiger charge is 2.20. The highest BCUT2D eigenvalue weighted by molar-refractivity contribution is 5.98. The molecule has 7 nitrogen and oxygen atoms in total. The number of nitro groups is 1. The van der Waals surface area contributed by atoms with E-state index < -0.39 is 10.7 Å². The maximum Gasteiger partial charge on any atom is 0.272 e. The predicted octanol–water partition coefficient (Wildman–Crippen LogP) is 3.62. The third kappa shape index (κ3) is 4.08. The molecule has 0 aliphatic carbocycles. The molecule has 1 aromatic carbocycles. The predicted molar refractivity (Wildman–Crippen MR) is 93.4 cm³/mol. The Kier molecular flexibility index (Phi) is 6.10. The number of ketones is 1. The summed E-state index contributed by atoms with van der Waals surface area (Å²) in [5.41, 5.74) is 1.81. The number of ether oxygens (including phenoxy) is 2. The lowest BCUT2D eigenvalue weighted by molar-refractivity contribution is -0.385. The number of halogens is 1. The van der Waals surface area contributed by atoms with Crippen LogP contribution in [-0.4, -0.2) is 35.6 Å². The number of rotatable bonds is 8. The first-order valence-electron chi connectivity index (χ1n) is 8.03. The zero-order valence-corrected chi connectivity index (χ0v) is 15.1. The maximum atomic E-state index is 13.8. The van der Waals surface area contributed by atoms with E-state index in [4.69, 9.17) is 9.47 Å². The molecule has 0 aliphatic rings. The highest BCUT2D eigenvalue weighted by Crippen LogP contribution is 2.24. The van der Waals surface area contributed by atoms with Crippen LogP contribution in [0.4, 0.5) is 10.1 Å². The van der Waals surface area contributed by atoms with Gasteiger partial charge in [0.25, 0.3) is 5.69 Å². The van der Waals surface area contributed by atoms with E-state index >= 15 is 0 Å². The Balaban J connectivity index is 2.14. The van der Waals surface area contributed by atoms with E-state index in [1.807, 2.05) is 25.3 Å². The number of non-ortho nitro benzene ring substituents is 1. The number of nitrogens with zero attached hydrogens (tertiary/aromatic N) is 2. The molecule has 0 fully saturated rings. The standard InChI is InChI=1S/C18H21FN2O5/c1-11-7-15(13(3)20(11)12(2)9-25-4)17(22)10-26-18-6-5-14(21(23)24)8-16(18)19/h5-8,12H,9-10H2,1-4H3. The second-order valence-electron chi connectivity index (χ2n) is 6.04. The minimum absolute atomic E-state index is 0.0644. The average molecular weight is 364 g/mol. The van der Waals surface area contributed by atoms with Crippen molar-refractivity contribution in [3.8, 4) is 5.75 Å². The van der Waals surface area contributed by atoms with Crippen molar-refractivity contribution in [2.75, 3.05) is 20.3 Å². The van der Waals surface area contributed by atoms with Gasteiger partial charge in [-0.3, -0.25) is 14.9 Å². The normalized spacial score (nSPS) is 12.0. The Morgan fingerprint density at radius 2 is 2.04 bits per heavy atom. The van der Waals surface area contributed by atoms with Crippen molar-refractivity contribution >= 4 is 11.5 Å². The second kappa shape index (κ2) is 8.09. The van der Waals surface area contributed by atoms with Crippen molar-refractivity contribution in [2.45, 2.75) is 26.8 Å². The second-order valence-corrected chi connectivity index (χ2v) is 6.04. The van der Waals surface area contributed by atoms with Gasteiger partial charge < -0.3 is 14.0 Å². The van der Waals surface area contributed by atoms with Crippen molar-refractivity contribution in [2.24, 2.45) is 0 Å². The molecule has 2 aromatic rings. The first-order valence-corrected chi connectivity index (χ1v) is 8.03. The lowest BCUT2D eigenvalue weighted by atomic mass is 10.1. The van der Waals surface area contributed by atoms with Gasteiger partial charge in [-0.15, -0.1) is 0 Å². The fourth-order valence-corrected chi connectivity index (χ4v) is 2.99. The van der Waals surface area contributed by atoms with Crippen LogP contribution in [0.25, 0.3) is 0 Å². The van der Waals surface area contributed by atoms with Gasteiger partial charge in [0.2, 0.25) is 5.78 Å². The topological polar surface area (TPSA) is 83.6 Å². The van der Waals surface area contributed by atoms with Gasteiger partial charge in [-0.1, -0.05) is 0 Å². The van der Waals surface area contributed by atoms with Crippen LogP contribution in [0.5, 0.6) is 5.75 Å². The molecular formula is C18H21FN2O5. The van der Waals surface area contributed by atoms with Crippen LogP contribution >= 0.6 is 0 Å². The molecule has 0 N–H and O–H groups in total. The first-order chi connectivity index (χ1) is 12.3. The lowest BCUT2D eigenvalue weighted by Crippen LogP contribution is -2.16. The van der Waals surface area contributed by atoms with E-state index in [9.17, 15) is 19.3 Å². The molecule has 0 amide bonds. The number of hydrogen-bond donors (Lipinski definition) is 0. The summed E-state index contributed by atoms with van der Waals surface area (Å²) in [5.74, 6) is -1.39. The quantitative estimate of drug-likeness (QED) is 0.406. The molecule has 0 saturated carbocycles. The Morgan fingerprint density at radius 1 is 1.35 bits per heavy atom. The fourth-order valence-electron chi connectivity index (χ4n) is 2.99. The number of Topliss-reactive ketones (excluding diaryl/α,β-unsaturated/α-hetero) is 1. The van der Waals surface area contributed by atoms with Crippen molar-refractivity contribution in [3.05, 3.63) is 57.1 Å². The number of methoxy groups -OCH3 is 1. The molecule has 0 spiro atoms. The number of aryl methyl sites for hydroxylation is 1. The monoisotopic (exact) mass is 364 g/mol. The highest BCUT2D eigenvalue weighted by atomic mass is 19.1. The molecule has 2 rings (SSSR count). The summed E-state index contributed by atoms with van der Waals surface area (Å²) in [6.45, 7) is 5.86. The van der Waals surface area contributed by atoms with E-state index in [-0.39, 0.29) is 29.9 Å².